The summed E-state index contributed by atoms with van der Waals surface area (Å²) in [6, 6.07) is 9.56. The number of anilines is 1. The summed E-state index contributed by atoms with van der Waals surface area (Å²) in [6.07, 6.45) is 3.50. The van der Waals surface area contributed by atoms with Crippen LogP contribution in [0.15, 0.2) is 47.2 Å². The number of amides is 1. The maximum absolute atomic E-state index is 11.2. The lowest BCUT2D eigenvalue weighted by Gasteiger charge is -2.21. The third kappa shape index (κ3) is 5.17. The number of nitrogens with two attached hydrogens (primary N) is 2. The highest BCUT2D eigenvalue weighted by Crippen LogP contribution is 2.14. The molecule has 0 atom stereocenters. The molecule has 0 spiro atoms. The Balaban J connectivity index is 2.10. The van der Waals surface area contributed by atoms with E-state index in [1.807, 2.05) is 35.2 Å². The van der Waals surface area contributed by atoms with Crippen molar-refractivity contribution in [1.29, 1.82) is 0 Å². The van der Waals surface area contributed by atoms with Crippen LogP contribution in [0.4, 0.5) is 5.69 Å². The molecule has 0 saturated heterocycles. The first kappa shape index (κ1) is 15.5. The predicted molar refractivity (Wildman–Crippen MR) is 86.1 cm³/mol. The maximum atomic E-state index is 11.2. The van der Waals surface area contributed by atoms with E-state index in [2.05, 4.69) is 20.9 Å². The van der Waals surface area contributed by atoms with E-state index in [4.69, 9.17) is 11.5 Å². The van der Waals surface area contributed by atoms with Crippen LogP contribution < -0.4 is 11.5 Å². The number of nitrogen functional groups attached to an aromatic ring is 1. The van der Waals surface area contributed by atoms with Crippen LogP contribution in [0.3, 0.4) is 0 Å². The van der Waals surface area contributed by atoms with Gasteiger partial charge in [-0.3, -0.25) is 14.7 Å². The van der Waals surface area contributed by atoms with Crippen molar-refractivity contribution in [3.05, 3.63) is 58.3 Å². The van der Waals surface area contributed by atoms with Crippen LogP contribution in [0.1, 0.15) is 11.1 Å². The zero-order chi connectivity index (χ0) is 15.2. The van der Waals surface area contributed by atoms with E-state index < -0.39 is 0 Å². The van der Waals surface area contributed by atoms with Gasteiger partial charge >= 0.3 is 0 Å². The van der Waals surface area contributed by atoms with Crippen molar-refractivity contribution in [3.8, 4) is 0 Å². The van der Waals surface area contributed by atoms with Gasteiger partial charge in [0, 0.05) is 35.6 Å². The van der Waals surface area contributed by atoms with E-state index in [9.17, 15) is 4.79 Å². The van der Waals surface area contributed by atoms with E-state index >= 15 is 0 Å². The Labute approximate surface area is 132 Å². The van der Waals surface area contributed by atoms with E-state index in [1.165, 1.54) is 0 Å². The Bertz CT molecular complexity index is 615. The molecule has 1 aromatic carbocycles. The molecule has 0 saturated carbocycles. The molecule has 0 radical (unpaired) electrons. The van der Waals surface area contributed by atoms with Gasteiger partial charge in [0.15, 0.2) is 0 Å². The molecule has 1 heterocycles. The normalized spacial score (nSPS) is 10.8. The van der Waals surface area contributed by atoms with Crippen molar-refractivity contribution < 1.29 is 4.79 Å². The van der Waals surface area contributed by atoms with Crippen molar-refractivity contribution >= 4 is 27.5 Å². The Morgan fingerprint density at radius 1 is 1.14 bits per heavy atom. The van der Waals surface area contributed by atoms with Crippen LogP contribution in [-0.4, -0.2) is 22.3 Å². The topological polar surface area (TPSA) is 85.2 Å². The van der Waals surface area contributed by atoms with Gasteiger partial charge in [0.1, 0.15) is 0 Å². The fraction of sp³-hybridized carbons (Fsp3) is 0.200. The molecule has 0 aliphatic carbocycles. The molecular formula is C15H17BrN4O. The molecule has 5 nitrogen and oxygen atoms in total. The first-order valence-electron chi connectivity index (χ1n) is 6.47. The molecule has 1 amide bonds. The molecule has 1 aromatic heterocycles. The summed E-state index contributed by atoms with van der Waals surface area (Å²) in [5.74, 6) is -0.353. The van der Waals surface area contributed by atoms with Crippen LogP contribution in [0, 0.1) is 0 Å². The Morgan fingerprint density at radius 3 is 2.43 bits per heavy atom. The molecule has 110 valence electrons. The van der Waals surface area contributed by atoms with Crippen molar-refractivity contribution in [2.45, 2.75) is 13.1 Å². The fourth-order valence-corrected chi connectivity index (χ4v) is 2.48. The zero-order valence-electron chi connectivity index (χ0n) is 11.5. The number of primary amides is 1. The molecule has 0 bridgehead atoms. The predicted octanol–water partition coefficient (Wildman–Crippen LogP) is 1.91. The number of nitrogens with zero attached hydrogens (tertiary/aromatic N) is 2. The summed E-state index contributed by atoms with van der Waals surface area (Å²) >= 11 is 3.39. The van der Waals surface area contributed by atoms with Crippen LogP contribution in [0.5, 0.6) is 0 Å². The lowest BCUT2D eigenvalue weighted by atomic mass is 10.2. The van der Waals surface area contributed by atoms with Gasteiger partial charge in [0.2, 0.25) is 5.91 Å². The first-order valence-corrected chi connectivity index (χ1v) is 7.27. The molecule has 0 aliphatic heterocycles. The summed E-state index contributed by atoms with van der Waals surface area (Å²) in [7, 11) is 0. The summed E-state index contributed by atoms with van der Waals surface area (Å²) in [5.41, 5.74) is 13.8. The largest absolute Gasteiger partial charge is 0.399 e. The Hall–Kier alpha value is -1.92. The summed E-state index contributed by atoms with van der Waals surface area (Å²) < 4.78 is 0.909. The minimum absolute atomic E-state index is 0.191. The Kier molecular flexibility index (Phi) is 5.30. The van der Waals surface area contributed by atoms with Crippen LogP contribution in [-0.2, 0) is 17.9 Å². The van der Waals surface area contributed by atoms with E-state index in [1.54, 1.807) is 12.4 Å². The second kappa shape index (κ2) is 7.19. The average molecular weight is 349 g/mol. The number of pyridine rings is 1. The van der Waals surface area contributed by atoms with Crippen LogP contribution in [0.2, 0.25) is 0 Å². The van der Waals surface area contributed by atoms with Crippen molar-refractivity contribution in [2.24, 2.45) is 5.73 Å². The maximum Gasteiger partial charge on any atom is 0.231 e. The first-order chi connectivity index (χ1) is 10.0. The van der Waals surface area contributed by atoms with Gasteiger partial charge in [-0.1, -0.05) is 12.1 Å². The van der Waals surface area contributed by atoms with Crippen molar-refractivity contribution in [2.75, 3.05) is 12.3 Å². The lowest BCUT2D eigenvalue weighted by Crippen LogP contribution is -2.33. The fourth-order valence-electron chi connectivity index (χ4n) is 2.07. The molecule has 0 unspecified atom stereocenters. The van der Waals surface area contributed by atoms with Crippen LogP contribution >= 0.6 is 15.9 Å². The number of carbonyl (C=O) groups is 1. The van der Waals surface area contributed by atoms with Gasteiger partial charge < -0.3 is 11.5 Å². The number of hydrogen-bond acceptors (Lipinski definition) is 4. The second-order valence-corrected chi connectivity index (χ2v) is 5.78. The molecule has 6 heteroatoms. The van der Waals surface area contributed by atoms with Gasteiger partial charge in [-0.2, -0.15) is 0 Å². The van der Waals surface area contributed by atoms with Crippen molar-refractivity contribution in [1.82, 2.24) is 9.88 Å². The number of carbonyl (C=O) groups excluding carboxylic acids is 1. The lowest BCUT2D eigenvalue weighted by molar-refractivity contribution is -0.119. The second-order valence-electron chi connectivity index (χ2n) is 4.86. The van der Waals surface area contributed by atoms with Gasteiger partial charge in [0.05, 0.1) is 6.54 Å². The summed E-state index contributed by atoms with van der Waals surface area (Å²) in [6.45, 7) is 1.41. The highest BCUT2D eigenvalue weighted by molar-refractivity contribution is 9.10. The number of halogens is 1. The van der Waals surface area contributed by atoms with E-state index in [0.717, 1.165) is 21.3 Å². The standard InChI is InChI=1S/C15H17BrN4O/c16-13-5-12(6-19-7-13)9-20(10-15(18)21)8-11-1-3-14(17)4-2-11/h1-7H,8-10,17H2,(H2,18,21). The van der Waals surface area contributed by atoms with Gasteiger partial charge in [0.25, 0.3) is 0 Å². The molecule has 0 aliphatic rings. The molecular weight excluding hydrogens is 332 g/mol. The Morgan fingerprint density at radius 2 is 1.81 bits per heavy atom. The minimum Gasteiger partial charge on any atom is -0.399 e. The average Bonchev–Trinajstić information content (AvgIpc) is 2.40. The number of rotatable bonds is 6. The summed E-state index contributed by atoms with van der Waals surface area (Å²) in [4.78, 5) is 17.3. The number of hydrogen-bond donors (Lipinski definition) is 2. The van der Waals surface area contributed by atoms with Gasteiger partial charge in [-0.15, -0.1) is 0 Å². The number of aromatic nitrogens is 1. The van der Waals surface area contributed by atoms with Crippen LogP contribution in [0.25, 0.3) is 0 Å². The molecule has 0 fully saturated rings. The molecule has 2 aromatic rings. The summed E-state index contributed by atoms with van der Waals surface area (Å²) in [5, 5.41) is 0. The zero-order valence-corrected chi connectivity index (χ0v) is 13.1. The van der Waals surface area contributed by atoms with E-state index in [0.29, 0.717) is 13.1 Å². The molecule has 4 N–H and O–H groups in total. The molecule has 21 heavy (non-hydrogen) atoms. The smallest absolute Gasteiger partial charge is 0.231 e. The van der Waals surface area contributed by atoms with Crippen molar-refractivity contribution in [3.63, 3.8) is 0 Å². The third-order valence-electron chi connectivity index (χ3n) is 2.93. The quantitative estimate of drug-likeness (QED) is 0.781. The SMILES string of the molecule is NC(=O)CN(Cc1ccc(N)cc1)Cc1cncc(Br)c1. The molecule has 2 rings (SSSR count). The van der Waals surface area contributed by atoms with Gasteiger partial charge in [-0.25, -0.2) is 0 Å². The monoisotopic (exact) mass is 348 g/mol. The minimum atomic E-state index is -0.353. The van der Waals surface area contributed by atoms with E-state index in [-0.39, 0.29) is 12.5 Å². The van der Waals surface area contributed by atoms with Gasteiger partial charge in [-0.05, 0) is 45.3 Å². The number of benzene rings is 1. The highest BCUT2D eigenvalue weighted by Gasteiger charge is 2.10. The highest BCUT2D eigenvalue weighted by atomic mass is 79.9. The third-order valence-corrected chi connectivity index (χ3v) is 3.37.